The maximum atomic E-state index is 6.18. The number of methoxy groups -OCH3 is 1. The molecule has 0 amide bonds. The first kappa shape index (κ1) is 19.1. The van der Waals surface area contributed by atoms with Crippen molar-refractivity contribution in [2.75, 3.05) is 33.4 Å². The van der Waals surface area contributed by atoms with Crippen LogP contribution in [0.2, 0.25) is 10.0 Å². The summed E-state index contributed by atoms with van der Waals surface area (Å²) in [5.74, 6) is 1.67. The summed E-state index contributed by atoms with van der Waals surface area (Å²) in [6.07, 6.45) is 0. The van der Waals surface area contributed by atoms with E-state index >= 15 is 0 Å². The van der Waals surface area contributed by atoms with Crippen molar-refractivity contribution in [3.63, 3.8) is 0 Å². The molecule has 0 saturated heterocycles. The van der Waals surface area contributed by atoms with E-state index < -0.39 is 0 Å². The molecule has 0 spiro atoms. The molecule has 0 aromatic heterocycles. The SMILES string of the molecule is COCCOc1cc2ccc(-c3cc(Cl)cc(Cl)c3)cc2cc1C1=NCCN1. The number of rotatable bonds is 6. The van der Waals surface area contributed by atoms with Gasteiger partial charge in [0.15, 0.2) is 0 Å². The lowest BCUT2D eigenvalue weighted by atomic mass is 9.99. The molecule has 144 valence electrons. The van der Waals surface area contributed by atoms with E-state index in [4.69, 9.17) is 32.7 Å². The van der Waals surface area contributed by atoms with Gasteiger partial charge in [-0.05, 0) is 58.3 Å². The van der Waals surface area contributed by atoms with Crippen molar-refractivity contribution >= 4 is 39.8 Å². The Kier molecular flexibility index (Phi) is 5.72. The number of amidine groups is 1. The van der Waals surface area contributed by atoms with Crippen molar-refractivity contribution in [3.05, 3.63) is 64.1 Å². The maximum Gasteiger partial charge on any atom is 0.132 e. The van der Waals surface area contributed by atoms with E-state index in [1.165, 1.54) is 0 Å². The van der Waals surface area contributed by atoms with Gasteiger partial charge in [0.25, 0.3) is 0 Å². The summed E-state index contributed by atoms with van der Waals surface area (Å²) >= 11 is 12.4. The van der Waals surface area contributed by atoms with Crippen LogP contribution < -0.4 is 10.1 Å². The predicted octanol–water partition coefficient (Wildman–Crippen LogP) is 5.19. The predicted molar refractivity (Wildman–Crippen MR) is 116 cm³/mol. The van der Waals surface area contributed by atoms with Gasteiger partial charge in [0.1, 0.15) is 18.2 Å². The Morgan fingerprint density at radius 1 is 0.929 bits per heavy atom. The van der Waals surface area contributed by atoms with Crippen LogP contribution in [0.4, 0.5) is 0 Å². The van der Waals surface area contributed by atoms with Gasteiger partial charge in [-0.15, -0.1) is 0 Å². The van der Waals surface area contributed by atoms with Crippen LogP contribution in [0.15, 0.2) is 53.5 Å². The summed E-state index contributed by atoms with van der Waals surface area (Å²) in [5, 5.41) is 6.76. The molecule has 1 aliphatic heterocycles. The van der Waals surface area contributed by atoms with E-state index in [1.807, 2.05) is 12.1 Å². The molecule has 28 heavy (non-hydrogen) atoms. The first-order valence-corrected chi connectivity index (χ1v) is 9.84. The van der Waals surface area contributed by atoms with Crippen molar-refractivity contribution in [2.45, 2.75) is 0 Å². The Morgan fingerprint density at radius 2 is 1.75 bits per heavy atom. The van der Waals surface area contributed by atoms with Gasteiger partial charge in [-0.25, -0.2) is 0 Å². The normalized spacial score (nSPS) is 13.5. The largest absolute Gasteiger partial charge is 0.490 e. The highest BCUT2D eigenvalue weighted by Crippen LogP contribution is 2.32. The van der Waals surface area contributed by atoms with Gasteiger partial charge in [0, 0.05) is 23.7 Å². The third-order valence-electron chi connectivity index (χ3n) is 4.61. The Labute approximate surface area is 174 Å². The summed E-state index contributed by atoms with van der Waals surface area (Å²) in [7, 11) is 1.66. The zero-order valence-corrected chi connectivity index (χ0v) is 17.0. The molecule has 1 N–H and O–H groups in total. The van der Waals surface area contributed by atoms with Crippen LogP contribution in [0.3, 0.4) is 0 Å². The van der Waals surface area contributed by atoms with Gasteiger partial charge in [0.2, 0.25) is 0 Å². The molecule has 0 bridgehead atoms. The first-order chi connectivity index (χ1) is 13.6. The van der Waals surface area contributed by atoms with E-state index in [2.05, 4.69) is 40.6 Å². The molecular formula is C22H20Cl2N2O2. The fourth-order valence-electron chi connectivity index (χ4n) is 3.29. The van der Waals surface area contributed by atoms with Gasteiger partial charge >= 0.3 is 0 Å². The smallest absolute Gasteiger partial charge is 0.132 e. The van der Waals surface area contributed by atoms with Crippen LogP contribution in [0.25, 0.3) is 21.9 Å². The lowest BCUT2D eigenvalue weighted by molar-refractivity contribution is 0.146. The highest BCUT2D eigenvalue weighted by molar-refractivity contribution is 6.35. The number of nitrogens with zero attached hydrogens (tertiary/aromatic N) is 1. The van der Waals surface area contributed by atoms with Crippen molar-refractivity contribution in [3.8, 4) is 16.9 Å². The Morgan fingerprint density at radius 3 is 2.46 bits per heavy atom. The highest BCUT2D eigenvalue weighted by atomic mass is 35.5. The molecule has 1 aliphatic rings. The molecule has 3 aromatic rings. The fraction of sp³-hybridized carbons (Fsp3) is 0.227. The number of ether oxygens (including phenoxy) is 2. The minimum absolute atomic E-state index is 0.487. The number of nitrogens with one attached hydrogen (secondary N) is 1. The van der Waals surface area contributed by atoms with E-state index in [9.17, 15) is 0 Å². The highest BCUT2D eigenvalue weighted by Gasteiger charge is 2.16. The second-order valence-corrected chi connectivity index (χ2v) is 7.44. The van der Waals surface area contributed by atoms with Crippen LogP contribution >= 0.6 is 23.2 Å². The molecule has 0 fully saturated rings. The second kappa shape index (κ2) is 8.39. The molecule has 0 atom stereocenters. The summed E-state index contributed by atoms with van der Waals surface area (Å²) in [6, 6.07) is 16.0. The van der Waals surface area contributed by atoms with Crippen molar-refractivity contribution in [1.29, 1.82) is 0 Å². The molecule has 1 heterocycles. The molecule has 0 unspecified atom stereocenters. The lowest BCUT2D eigenvalue weighted by Crippen LogP contribution is -2.20. The van der Waals surface area contributed by atoms with Gasteiger partial charge in [-0.3, -0.25) is 4.99 Å². The molecular weight excluding hydrogens is 395 g/mol. The van der Waals surface area contributed by atoms with Crippen LogP contribution in [0.5, 0.6) is 5.75 Å². The third kappa shape index (κ3) is 4.09. The lowest BCUT2D eigenvalue weighted by Gasteiger charge is -2.14. The first-order valence-electron chi connectivity index (χ1n) is 9.09. The van der Waals surface area contributed by atoms with Crippen molar-refractivity contribution in [1.82, 2.24) is 5.32 Å². The summed E-state index contributed by atoms with van der Waals surface area (Å²) in [6.45, 7) is 2.63. The van der Waals surface area contributed by atoms with Gasteiger partial charge in [-0.1, -0.05) is 35.3 Å². The fourth-order valence-corrected chi connectivity index (χ4v) is 3.82. The topological polar surface area (TPSA) is 42.9 Å². The Balaban J connectivity index is 1.79. The molecule has 6 heteroatoms. The minimum Gasteiger partial charge on any atom is -0.490 e. The van der Waals surface area contributed by atoms with Crippen LogP contribution in [-0.2, 0) is 4.74 Å². The van der Waals surface area contributed by atoms with Gasteiger partial charge in [0.05, 0.1) is 18.7 Å². The third-order valence-corrected chi connectivity index (χ3v) is 5.05. The Hall–Kier alpha value is -2.27. The average molecular weight is 415 g/mol. The molecule has 4 nitrogen and oxygen atoms in total. The van der Waals surface area contributed by atoms with Crippen LogP contribution in [0.1, 0.15) is 5.56 Å². The van der Waals surface area contributed by atoms with E-state index in [-0.39, 0.29) is 0 Å². The average Bonchev–Trinajstić information content (AvgIpc) is 3.21. The monoisotopic (exact) mass is 414 g/mol. The Bertz CT molecular complexity index is 1030. The molecule has 4 rings (SSSR count). The maximum absolute atomic E-state index is 6.18. The van der Waals surface area contributed by atoms with Crippen LogP contribution in [-0.4, -0.2) is 39.2 Å². The van der Waals surface area contributed by atoms with Crippen molar-refractivity contribution < 1.29 is 9.47 Å². The standard InChI is InChI=1S/C22H20Cl2N2O2/c1-27-6-7-28-21-12-15-3-2-14(17-9-18(23)13-19(24)10-17)8-16(15)11-20(21)22-25-4-5-26-22/h2-3,8-13H,4-7H2,1H3,(H,25,26). The number of hydrogen-bond acceptors (Lipinski definition) is 4. The van der Waals surface area contributed by atoms with Crippen LogP contribution in [0, 0.1) is 0 Å². The summed E-state index contributed by atoms with van der Waals surface area (Å²) in [5.41, 5.74) is 3.00. The zero-order valence-electron chi connectivity index (χ0n) is 15.5. The molecule has 0 radical (unpaired) electrons. The van der Waals surface area contributed by atoms with E-state index in [0.29, 0.717) is 23.3 Å². The molecule has 3 aromatic carbocycles. The minimum atomic E-state index is 0.487. The van der Waals surface area contributed by atoms with E-state index in [0.717, 1.165) is 52.1 Å². The summed E-state index contributed by atoms with van der Waals surface area (Å²) < 4.78 is 11.1. The quantitative estimate of drug-likeness (QED) is 0.564. The van der Waals surface area contributed by atoms with Gasteiger partial charge in [-0.2, -0.15) is 0 Å². The number of fused-ring (bicyclic) bond motifs is 1. The number of hydrogen-bond donors (Lipinski definition) is 1. The number of halogens is 2. The zero-order chi connectivity index (χ0) is 19.5. The molecule has 0 saturated carbocycles. The molecule has 0 aliphatic carbocycles. The van der Waals surface area contributed by atoms with E-state index in [1.54, 1.807) is 13.2 Å². The van der Waals surface area contributed by atoms with Crippen molar-refractivity contribution in [2.24, 2.45) is 4.99 Å². The second-order valence-electron chi connectivity index (χ2n) is 6.57. The number of benzene rings is 3. The van der Waals surface area contributed by atoms with Gasteiger partial charge < -0.3 is 14.8 Å². The number of aliphatic imine (C=N–C) groups is 1. The summed E-state index contributed by atoms with van der Waals surface area (Å²) in [4.78, 5) is 4.56.